The van der Waals surface area contributed by atoms with Crippen LogP contribution in [0, 0.1) is 22.7 Å². The normalized spacial score (nSPS) is 13.5. The van der Waals surface area contributed by atoms with Crippen molar-refractivity contribution in [2.45, 2.75) is 55.4 Å². The van der Waals surface area contributed by atoms with Gasteiger partial charge in [-0.2, -0.15) is 0 Å². The zero-order valence-electron chi connectivity index (χ0n) is 11.5. The maximum Gasteiger partial charge on any atom is 0.0687 e. The molecule has 0 amide bonds. The van der Waals surface area contributed by atoms with Crippen LogP contribution in [-0.4, -0.2) is 10.9 Å². The van der Waals surface area contributed by atoms with E-state index in [0.717, 1.165) is 5.71 Å². The van der Waals surface area contributed by atoms with Crippen LogP contribution in [0.2, 0.25) is 0 Å². The van der Waals surface area contributed by atoms with Crippen LogP contribution in [0.25, 0.3) is 0 Å². The van der Waals surface area contributed by atoms with E-state index in [9.17, 15) is 5.21 Å². The molecule has 15 heavy (non-hydrogen) atoms. The zero-order chi connectivity index (χ0) is 12.4. The van der Waals surface area contributed by atoms with E-state index < -0.39 is 0 Å². The molecule has 2 nitrogen and oxygen atoms in total. The lowest BCUT2D eigenvalue weighted by atomic mass is 9.63. The van der Waals surface area contributed by atoms with E-state index in [1.807, 2.05) is 0 Å². The van der Waals surface area contributed by atoms with Gasteiger partial charge in [0.05, 0.1) is 5.71 Å². The SMILES string of the molecule is CC(C)C(C)(C)C(=NO)C(C)(C)C(C)C. The molecular formula is C13H27NO. The van der Waals surface area contributed by atoms with Gasteiger partial charge < -0.3 is 5.21 Å². The van der Waals surface area contributed by atoms with Crippen LogP contribution in [0.4, 0.5) is 0 Å². The molecule has 90 valence electrons. The predicted molar refractivity (Wildman–Crippen MR) is 66.5 cm³/mol. The first kappa shape index (κ1) is 14.5. The summed E-state index contributed by atoms with van der Waals surface area (Å²) in [6.07, 6.45) is 0. The van der Waals surface area contributed by atoms with Crippen molar-refractivity contribution in [3.8, 4) is 0 Å². The number of oxime groups is 1. The molecule has 0 aromatic carbocycles. The van der Waals surface area contributed by atoms with Crippen LogP contribution < -0.4 is 0 Å². The molecule has 0 saturated carbocycles. The second-order valence-corrected chi connectivity index (χ2v) is 6.20. The first-order valence-electron chi connectivity index (χ1n) is 5.81. The second kappa shape index (κ2) is 4.54. The number of rotatable bonds is 4. The van der Waals surface area contributed by atoms with E-state index in [1.54, 1.807) is 0 Å². The van der Waals surface area contributed by atoms with Gasteiger partial charge in [0, 0.05) is 10.8 Å². The fraction of sp³-hybridized carbons (Fsp3) is 0.923. The Labute approximate surface area is 94.8 Å². The third kappa shape index (κ3) is 2.73. The minimum Gasteiger partial charge on any atom is -0.411 e. The first-order chi connectivity index (χ1) is 6.58. The molecule has 0 fully saturated rings. The summed E-state index contributed by atoms with van der Waals surface area (Å²) in [6, 6.07) is 0. The summed E-state index contributed by atoms with van der Waals surface area (Å²) in [5.41, 5.74) is 0.769. The quantitative estimate of drug-likeness (QED) is 0.424. The molecule has 0 saturated heterocycles. The predicted octanol–water partition coefficient (Wildman–Crippen LogP) is 4.18. The molecule has 0 bridgehead atoms. The minimum absolute atomic E-state index is 0.0669. The molecule has 0 aliphatic carbocycles. The van der Waals surface area contributed by atoms with Crippen molar-refractivity contribution in [2.75, 3.05) is 0 Å². The largest absolute Gasteiger partial charge is 0.411 e. The molecule has 0 heterocycles. The van der Waals surface area contributed by atoms with Gasteiger partial charge in [-0.25, -0.2) is 0 Å². The minimum atomic E-state index is -0.0669. The molecule has 0 rings (SSSR count). The van der Waals surface area contributed by atoms with E-state index in [-0.39, 0.29) is 10.8 Å². The standard InChI is InChI=1S/C13H27NO/c1-9(2)12(5,6)11(14-15)13(7,8)10(3)4/h9-10,15H,1-8H3. The Morgan fingerprint density at radius 1 is 0.867 bits per heavy atom. The third-order valence-electron chi connectivity index (χ3n) is 4.21. The van der Waals surface area contributed by atoms with Crippen molar-refractivity contribution in [1.82, 2.24) is 0 Å². The Kier molecular flexibility index (Phi) is 4.38. The lowest BCUT2D eigenvalue weighted by Gasteiger charge is -2.41. The van der Waals surface area contributed by atoms with Crippen LogP contribution in [0.1, 0.15) is 55.4 Å². The summed E-state index contributed by atoms with van der Waals surface area (Å²) in [7, 11) is 0. The fourth-order valence-corrected chi connectivity index (χ4v) is 1.63. The van der Waals surface area contributed by atoms with Crippen LogP contribution in [0.3, 0.4) is 0 Å². The number of hydrogen-bond acceptors (Lipinski definition) is 2. The van der Waals surface area contributed by atoms with Crippen molar-refractivity contribution in [1.29, 1.82) is 0 Å². The summed E-state index contributed by atoms with van der Waals surface area (Å²) in [4.78, 5) is 0. The first-order valence-corrected chi connectivity index (χ1v) is 5.81. The van der Waals surface area contributed by atoms with Crippen LogP contribution in [-0.2, 0) is 0 Å². The van der Waals surface area contributed by atoms with Gasteiger partial charge in [-0.05, 0) is 11.8 Å². The van der Waals surface area contributed by atoms with Gasteiger partial charge in [0.1, 0.15) is 0 Å². The Morgan fingerprint density at radius 3 is 1.27 bits per heavy atom. The van der Waals surface area contributed by atoms with Crippen molar-refractivity contribution in [3.63, 3.8) is 0 Å². The number of nitrogens with zero attached hydrogens (tertiary/aromatic N) is 1. The van der Waals surface area contributed by atoms with Gasteiger partial charge in [0.25, 0.3) is 0 Å². The lowest BCUT2D eigenvalue weighted by Crippen LogP contribution is -2.43. The van der Waals surface area contributed by atoms with Crippen LogP contribution in [0.15, 0.2) is 5.16 Å². The van der Waals surface area contributed by atoms with E-state index in [2.05, 4.69) is 60.5 Å². The number of hydrogen-bond donors (Lipinski definition) is 1. The van der Waals surface area contributed by atoms with Crippen LogP contribution in [0.5, 0.6) is 0 Å². The van der Waals surface area contributed by atoms with Crippen molar-refractivity contribution in [3.05, 3.63) is 0 Å². The zero-order valence-corrected chi connectivity index (χ0v) is 11.5. The van der Waals surface area contributed by atoms with Crippen molar-refractivity contribution < 1.29 is 5.21 Å². The highest BCUT2D eigenvalue weighted by atomic mass is 16.4. The van der Waals surface area contributed by atoms with Gasteiger partial charge >= 0.3 is 0 Å². The molecule has 0 aliphatic rings. The smallest absolute Gasteiger partial charge is 0.0687 e. The molecule has 2 heteroatoms. The summed E-state index contributed by atoms with van der Waals surface area (Å²) in [6.45, 7) is 17.3. The highest BCUT2D eigenvalue weighted by molar-refractivity contribution is 5.94. The van der Waals surface area contributed by atoms with Gasteiger partial charge in [-0.3, -0.25) is 0 Å². The molecule has 0 aliphatic heterocycles. The van der Waals surface area contributed by atoms with E-state index >= 15 is 0 Å². The maximum absolute atomic E-state index is 9.28. The summed E-state index contributed by atoms with van der Waals surface area (Å²) in [5.74, 6) is 0.919. The Balaban J connectivity index is 5.29. The van der Waals surface area contributed by atoms with Crippen LogP contribution >= 0.6 is 0 Å². The van der Waals surface area contributed by atoms with E-state index in [0.29, 0.717) is 11.8 Å². The Hall–Kier alpha value is -0.530. The van der Waals surface area contributed by atoms with E-state index in [1.165, 1.54) is 0 Å². The van der Waals surface area contributed by atoms with Gasteiger partial charge in [0.2, 0.25) is 0 Å². The summed E-state index contributed by atoms with van der Waals surface area (Å²) in [5, 5.41) is 12.9. The van der Waals surface area contributed by atoms with E-state index in [4.69, 9.17) is 0 Å². The Morgan fingerprint density at radius 2 is 1.13 bits per heavy atom. The molecule has 0 aromatic rings. The highest BCUT2D eigenvalue weighted by Gasteiger charge is 2.40. The lowest BCUT2D eigenvalue weighted by molar-refractivity contribution is 0.243. The van der Waals surface area contributed by atoms with Crippen molar-refractivity contribution in [2.24, 2.45) is 27.8 Å². The molecule has 0 unspecified atom stereocenters. The van der Waals surface area contributed by atoms with Gasteiger partial charge in [0.15, 0.2) is 0 Å². The maximum atomic E-state index is 9.28. The molecule has 0 radical (unpaired) electrons. The molecular weight excluding hydrogens is 186 g/mol. The third-order valence-corrected chi connectivity index (χ3v) is 4.21. The van der Waals surface area contributed by atoms with Gasteiger partial charge in [-0.15, -0.1) is 0 Å². The molecule has 0 spiro atoms. The fourth-order valence-electron chi connectivity index (χ4n) is 1.63. The second-order valence-electron chi connectivity index (χ2n) is 6.20. The summed E-state index contributed by atoms with van der Waals surface area (Å²) >= 11 is 0. The summed E-state index contributed by atoms with van der Waals surface area (Å²) < 4.78 is 0. The molecule has 0 atom stereocenters. The van der Waals surface area contributed by atoms with Gasteiger partial charge in [-0.1, -0.05) is 60.5 Å². The van der Waals surface area contributed by atoms with Crippen molar-refractivity contribution >= 4 is 5.71 Å². The molecule has 0 aromatic heterocycles. The molecule has 1 N–H and O–H groups in total. The topological polar surface area (TPSA) is 32.6 Å². The average Bonchev–Trinajstić information content (AvgIpc) is 2.03. The Bertz CT molecular complexity index is 215. The highest BCUT2D eigenvalue weighted by Crippen LogP contribution is 2.40. The monoisotopic (exact) mass is 213 g/mol. The average molecular weight is 213 g/mol.